The molecule has 2 aromatic rings. The summed E-state index contributed by atoms with van der Waals surface area (Å²) in [5.74, 6) is 1.08. The van der Waals surface area contributed by atoms with Crippen LogP contribution in [0.5, 0.6) is 11.5 Å². The van der Waals surface area contributed by atoms with E-state index in [0.717, 1.165) is 16.9 Å². The van der Waals surface area contributed by atoms with Crippen LogP contribution in [0.25, 0.3) is 0 Å². The first-order chi connectivity index (χ1) is 9.22. The molecule has 0 aromatic heterocycles. The van der Waals surface area contributed by atoms with Gasteiger partial charge in [-0.15, -0.1) is 0 Å². The van der Waals surface area contributed by atoms with Gasteiger partial charge in [0.25, 0.3) is 0 Å². The summed E-state index contributed by atoms with van der Waals surface area (Å²) in [5, 5.41) is 18.9. The van der Waals surface area contributed by atoms with Crippen LogP contribution in [0.4, 0.5) is 0 Å². The molecule has 2 rings (SSSR count). The van der Waals surface area contributed by atoms with E-state index in [9.17, 15) is 5.11 Å². The summed E-state index contributed by atoms with van der Waals surface area (Å²) in [4.78, 5) is 0. The van der Waals surface area contributed by atoms with Crippen LogP contribution >= 0.6 is 0 Å². The Morgan fingerprint density at radius 1 is 1.00 bits per heavy atom. The zero-order chi connectivity index (χ0) is 13.7. The van der Waals surface area contributed by atoms with Crippen molar-refractivity contribution in [2.75, 3.05) is 6.61 Å². The number of aliphatic hydroxyl groups is 1. The van der Waals surface area contributed by atoms with Gasteiger partial charge in [0.05, 0.1) is 13.2 Å². The highest BCUT2D eigenvalue weighted by molar-refractivity contribution is 5.40. The summed E-state index contributed by atoms with van der Waals surface area (Å²) in [6.45, 7) is 2.55. The van der Waals surface area contributed by atoms with Crippen LogP contribution in [-0.4, -0.2) is 16.8 Å². The maximum atomic E-state index is 9.89. The van der Waals surface area contributed by atoms with Crippen molar-refractivity contribution in [3.63, 3.8) is 0 Å². The van der Waals surface area contributed by atoms with Gasteiger partial charge in [0.2, 0.25) is 0 Å². The van der Waals surface area contributed by atoms with E-state index in [2.05, 4.69) is 0 Å². The van der Waals surface area contributed by atoms with Gasteiger partial charge in [0.1, 0.15) is 11.5 Å². The molecule has 0 saturated heterocycles. The topological polar surface area (TPSA) is 49.7 Å². The molecule has 0 aliphatic rings. The van der Waals surface area contributed by atoms with Crippen molar-refractivity contribution in [3.05, 3.63) is 59.2 Å². The molecule has 3 heteroatoms. The van der Waals surface area contributed by atoms with Crippen molar-refractivity contribution in [2.45, 2.75) is 20.0 Å². The molecule has 100 valence electrons. The lowest BCUT2D eigenvalue weighted by atomic mass is 10.0. The highest BCUT2D eigenvalue weighted by Crippen LogP contribution is 2.23. The van der Waals surface area contributed by atoms with Crippen LogP contribution in [0.3, 0.4) is 0 Å². The Bertz CT molecular complexity index is 532. The quantitative estimate of drug-likeness (QED) is 0.867. The molecular weight excluding hydrogens is 240 g/mol. The fourth-order valence-electron chi connectivity index (χ4n) is 1.95. The number of rotatable bonds is 5. The fourth-order valence-corrected chi connectivity index (χ4v) is 1.95. The smallest absolute Gasteiger partial charge is 0.119 e. The zero-order valence-electron chi connectivity index (χ0n) is 11.0. The van der Waals surface area contributed by atoms with E-state index < -0.39 is 0 Å². The molecule has 0 radical (unpaired) electrons. The molecule has 0 aliphatic carbocycles. The van der Waals surface area contributed by atoms with Crippen molar-refractivity contribution in [1.29, 1.82) is 0 Å². The predicted molar refractivity (Wildman–Crippen MR) is 74.4 cm³/mol. The Morgan fingerprint density at radius 3 is 2.26 bits per heavy atom. The van der Waals surface area contributed by atoms with E-state index in [4.69, 9.17) is 9.84 Å². The first-order valence-electron chi connectivity index (χ1n) is 6.36. The number of benzene rings is 2. The van der Waals surface area contributed by atoms with Gasteiger partial charge in [-0.2, -0.15) is 0 Å². The molecule has 19 heavy (non-hydrogen) atoms. The lowest BCUT2D eigenvalue weighted by Gasteiger charge is -2.08. The normalized spacial score (nSPS) is 10.4. The van der Waals surface area contributed by atoms with E-state index in [1.165, 1.54) is 0 Å². The van der Waals surface area contributed by atoms with Crippen LogP contribution < -0.4 is 4.74 Å². The molecule has 2 N–H and O–H groups in total. The van der Waals surface area contributed by atoms with E-state index in [0.29, 0.717) is 18.6 Å². The van der Waals surface area contributed by atoms with Gasteiger partial charge in [-0.1, -0.05) is 24.3 Å². The largest absolute Gasteiger partial charge is 0.508 e. The van der Waals surface area contributed by atoms with Crippen molar-refractivity contribution in [3.8, 4) is 11.5 Å². The van der Waals surface area contributed by atoms with Crippen molar-refractivity contribution < 1.29 is 14.9 Å². The monoisotopic (exact) mass is 258 g/mol. The average molecular weight is 258 g/mol. The molecule has 0 heterocycles. The SMILES string of the molecule is CCOc1ccc(Cc2ccc(CO)cc2O)cc1. The Kier molecular flexibility index (Phi) is 4.42. The zero-order valence-corrected chi connectivity index (χ0v) is 11.0. The summed E-state index contributed by atoms with van der Waals surface area (Å²) in [7, 11) is 0. The molecule has 0 atom stereocenters. The van der Waals surface area contributed by atoms with Crippen LogP contribution in [0.1, 0.15) is 23.6 Å². The van der Waals surface area contributed by atoms with Gasteiger partial charge in [-0.25, -0.2) is 0 Å². The lowest BCUT2D eigenvalue weighted by molar-refractivity contribution is 0.281. The van der Waals surface area contributed by atoms with Gasteiger partial charge >= 0.3 is 0 Å². The molecule has 0 unspecified atom stereocenters. The van der Waals surface area contributed by atoms with E-state index in [1.807, 2.05) is 43.3 Å². The number of aromatic hydroxyl groups is 1. The molecule has 0 amide bonds. The van der Waals surface area contributed by atoms with Crippen LogP contribution in [0, 0.1) is 0 Å². The highest BCUT2D eigenvalue weighted by Gasteiger charge is 2.04. The molecular formula is C16H18O3. The van der Waals surface area contributed by atoms with Gasteiger partial charge < -0.3 is 14.9 Å². The lowest BCUT2D eigenvalue weighted by Crippen LogP contribution is -1.93. The second kappa shape index (κ2) is 6.25. The maximum Gasteiger partial charge on any atom is 0.119 e. The van der Waals surface area contributed by atoms with Gasteiger partial charge in [0.15, 0.2) is 0 Å². The summed E-state index contributed by atoms with van der Waals surface area (Å²) >= 11 is 0. The number of aliphatic hydroxyl groups excluding tert-OH is 1. The number of hydrogen-bond donors (Lipinski definition) is 2. The van der Waals surface area contributed by atoms with E-state index in [-0.39, 0.29) is 12.4 Å². The summed E-state index contributed by atoms with van der Waals surface area (Å²) in [6, 6.07) is 13.1. The fraction of sp³-hybridized carbons (Fsp3) is 0.250. The molecule has 0 aliphatic heterocycles. The maximum absolute atomic E-state index is 9.89. The highest BCUT2D eigenvalue weighted by atomic mass is 16.5. The average Bonchev–Trinajstić information content (AvgIpc) is 2.43. The number of hydrogen-bond acceptors (Lipinski definition) is 3. The Labute approximate surface area is 113 Å². The Morgan fingerprint density at radius 2 is 1.68 bits per heavy atom. The molecule has 3 nitrogen and oxygen atoms in total. The number of phenols is 1. The van der Waals surface area contributed by atoms with Crippen molar-refractivity contribution >= 4 is 0 Å². The molecule has 0 saturated carbocycles. The first-order valence-corrected chi connectivity index (χ1v) is 6.36. The third-order valence-corrected chi connectivity index (χ3v) is 2.96. The van der Waals surface area contributed by atoms with Gasteiger partial charge in [-0.05, 0) is 41.8 Å². The summed E-state index contributed by atoms with van der Waals surface area (Å²) in [5.41, 5.74) is 2.67. The van der Waals surface area contributed by atoms with Gasteiger partial charge in [0, 0.05) is 6.42 Å². The Hall–Kier alpha value is -2.00. The van der Waals surface area contributed by atoms with Crippen LogP contribution in [0.2, 0.25) is 0 Å². The van der Waals surface area contributed by atoms with Crippen LogP contribution in [-0.2, 0) is 13.0 Å². The molecule has 0 spiro atoms. The molecule has 0 bridgehead atoms. The van der Waals surface area contributed by atoms with E-state index >= 15 is 0 Å². The first kappa shape index (κ1) is 13.4. The predicted octanol–water partition coefficient (Wildman–Crippen LogP) is 2.87. The minimum atomic E-state index is -0.0586. The van der Waals surface area contributed by atoms with Crippen molar-refractivity contribution in [2.24, 2.45) is 0 Å². The third kappa shape index (κ3) is 3.48. The summed E-state index contributed by atoms with van der Waals surface area (Å²) < 4.78 is 5.39. The Balaban J connectivity index is 2.12. The van der Waals surface area contributed by atoms with Crippen molar-refractivity contribution in [1.82, 2.24) is 0 Å². The minimum Gasteiger partial charge on any atom is -0.508 e. The molecule has 0 fully saturated rings. The second-order valence-corrected chi connectivity index (χ2v) is 4.37. The number of phenolic OH excluding ortho intramolecular Hbond substituents is 1. The number of ether oxygens (including phenoxy) is 1. The third-order valence-electron chi connectivity index (χ3n) is 2.96. The van der Waals surface area contributed by atoms with Gasteiger partial charge in [-0.3, -0.25) is 0 Å². The van der Waals surface area contributed by atoms with E-state index in [1.54, 1.807) is 6.07 Å². The minimum absolute atomic E-state index is 0.0586. The standard InChI is InChI=1S/C16H18O3/c1-2-19-15-7-4-12(5-8-15)9-14-6-3-13(11-17)10-16(14)18/h3-8,10,17-18H,2,9,11H2,1H3. The van der Waals surface area contributed by atoms with Crippen LogP contribution in [0.15, 0.2) is 42.5 Å². The molecule has 2 aromatic carbocycles. The summed E-state index contributed by atoms with van der Waals surface area (Å²) in [6.07, 6.45) is 0.657. The second-order valence-electron chi connectivity index (χ2n) is 4.37.